The van der Waals surface area contributed by atoms with Gasteiger partial charge in [0.2, 0.25) is 5.91 Å². The lowest BCUT2D eigenvalue weighted by molar-refractivity contribution is -0.118. The Morgan fingerprint density at radius 1 is 1.03 bits per heavy atom. The van der Waals surface area contributed by atoms with E-state index in [1.165, 1.54) is 0 Å². The quantitative estimate of drug-likeness (QED) is 0.737. The van der Waals surface area contributed by atoms with Gasteiger partial charge in [-0.15, -0.1) is 0 Å². The number of methoxy groups -OCH3 is 3. The molecule has 2 heterocycles. The molecular formula is C21H24BrN3O4. The topological polar surface area (TPSA) is 63.3 Å². The number of halogens is 1. The molecule has 8 heteroatoms. The minimum Gasteiger partial charge on any atom is -0.495 e. The molecule has 154 valence electrons. The molecule has 1 N–H and O–H groups in total. The van der Waals surface area contributed by atoms with Gasteiger partial charge < -0.3 is 24.4 Å². The Labute approximate surface area is 178 Å². The van der Waals surface area contributed by atoms with Gasteiger partial charge >= 0.3 is 0 Å². The standard InChI is InChI=1S/C21H24BrN3O4/c1-27-18-5-4-13(8-20(18)29-3)11-24-6-7-25-16-10-19(28-2)14(22)9-15(16)23-21(26)17(25)12-24/h4-5,8-10,17H,6-7,11-12H2,1-3H3,(H,23,26). The Hall–Kier alpha value is -2.45. The van der Waals surface area contributed by atoms with Crippen LogP contribution in [0.3, 0.4) is 0 Å². The molecule has 7 nitrogen and oxygen atoms in total. The van der Waals surface area contributed by atoms with Crippen LogP contribution in [-0.4, -0.2) is 57.8 Å². The highest BCUT2D eigenvalue weighted by Crippen LogP contribution is 2.40. The van der Waals surface area contributed by atoms with Crippen molar-refractivity contribution in [2.24, 2.45) is 0 Å². The highest BCUT2D eigenvalue weighted by Gasteiger charge is 2.37. The Bertz CT molecular complexity index is 936. The number of carbonyl (C=O) groups is 1. The lowest BCUT2D eigenvalue weighted by Gasteiger charge is -2.45. The smallest absolute Gasteiger partial charge is 0.248 e. The van der Waals surface area contributed by atoms with Crippen molar-refractivity contribution >= 4 is 33.2 Å². The van der Waals surface area contributed by atoms with E-state index in [2.05, 4.69) is 31.0 Å². The van der Waals surface area contributed by atoms with E-state index in [0.717, 1.165) is 46.8 Å². The van der Waals surface area contributed by atoms with Crippen LogP contribution in [-0.2, 0) is 11.3 Å². The fraction of sp³-hybridized carbons (Fsp3) is 0.381. The summed E-state index contributed by atoms with van der Waals surface area (Å²) >= 11 is 3.49. The van der Waals surface area contributed by atoms with Crippen molar-refractivity contribution in [2.45, 2.75) is 12.6 Å². The third-order valence-corrected chi connectivity index (χ3v) is 6.08. The number of anilines is 2. The average Bonchev–Trinajstić information content (AvgIpc) is 2.73. The number of piperazine rings is 1. The van der Waals surface area contributed by atoms with E-state index in [1.807, 2.05) is 30.3 Å². The van der Waals surface area contributed by atoms with E-state index >= 15 is 0 Å². The first-order valence-electron chi connectivity index (χ1n) is 9.42. The highest BCUT2D eigenvalue weighted by atomic mass is 79.9. The molecular weight excluding hydrogens is 438 g/mol. The summed E-state index contributed by atoms with van der Waals surface area (Å²) in [7, 11) is 4.91. The SMILES string of the molecule is COc1cc2c(cc1Br)NC(=O)C1CN(Cc3ccc(OC)c(OC)c3)CCN21. The van der Waals surface area contributed by atoms with Crippen molar-refractivity contribution in [2.75, 3.05) is 51.2 Å². The van der Waals surface area contributed by atoms with Crippen molar-refractivity contribution in [3.05, 3.63) is 40.4 Å². The minimum atomic E-state index is -0.234. The van der Waals surface area contributed by atoms with Gasteiger partial charge in [-0.2, -0.15) is 0 Å². The van der Waals surface area contributed by atoms with Gasteiger partial charge in [0, 0.05) is 32.2 Å². The zero-order valence-electron chi connectivity index (χ0n) is 16.7. The van der Waals surface area contributed by atoms with Crippen LogP contribution in [0.1, 0.15) is 5.56 Å². The zero-order valence-corrected chi connectivity index (χ0v) is 18.3. The van der Waals surface area contributed by atoms with Crippen LogP contribution in [0, 0.1) is 0 Å². The molecule has 1 unspecified atom stereocenters. The van der Waals surface area contributed by atoms with Crippen LogP contribution >= 0.6 is 15.9 Å². The monoisotopic (exact) mass is 461 g/mol. The summed E-state index contributed by atoms with van der Waals surface area (Å²) in [5, 5.41) is 3.04. The number of hydrogen-bond donors (Lipinski definition) is 1. The first-order chi connectivity index (χ1) is 14.0. The Morgan fingerprint density at radius 3 is 2.52 bits per heavy atom. The van der Waals surface area contributed by atoms with Crippen molar-refractivity contribution in [3.63, 3.8) is 0 Å². The molecule has 1 saturated heterocycles. The van der Waals surface area contributed by atoms with Gasteiger partial charge in [-0.25, -0.2) is 0 Å². The summed E-state index contributed by atoms with van der Waals surface area (Å²) in [4.78, 5) is 17.2. The molecule has 1 amide bonds. The van der Waals surface area contributed by atoms with E-state index in [0.29, 0.717) is 18.0 Å². The number of amides is 1. The third kappa shape index (κ3) is 3.74. The molecule has 0 aromatic heterocycles. The van der Waals surface area contributed by atoms with E-state index in [4.69, 9.17) is 14.2 Å². The number of fused-ring (bicyclic) bond motifs is 3. The fourth-order valence-corrected chi connectivity index (χ4v) is 4.49. The molecule has 0 saturated carbocycles. The first kappa shape index (κ1) is 19.8. The van der Waals surface area contributed by atoms with Crippen molar-refractivity contribution in [1.82, 2.24) is 4.90 Å². The third-order valence-electron chi connectivity index (χ3n) is 5.46. The highest BCUT2D eigenvalue weighted by molar-refractivity contribution is 9.10. The second-order valence-electron chi connectivity index (χ2n) is 7.13. The molecule has 0 radical (unpaired) electrons. The maximum atomic E-state index is 12.8. The van der Waals surface area contributed by atoms with Gasteiger partial charge in [0.15, 0.2) is 11.5 Å². The summed E-state index contributed by atoms with van der Waals surface area (Å²) in [6, 6.07) is 9.59. The van der Waals surface area contributed by atoms with E-state index in [9.17, 15) is 4.79 Å². The van der Waals surface area contributed by atoms with Gasteiger partial charge in [0.25, 0.3) is 0 Å². The van der Waals surface area contributed by atoms with Crippen LogP contribution < -0.4 is 24.4 Å². The molecule has 2 aliphatic heterocycles. The maximum absolute atomic E-state index is 12.8. The minimum absolute atomic E-state index is 0.0200. The van der Waals surface area contributed by atoms with E-state index in [-0.39, 0.29) is 11.9 Å². The van der Waals surface area contributed by atoms with Crippen LogP contribution in [0.4, 0.5) is 11.4 Å². The largest absolute Gasteiger partial charge is 0.495 e. The van der Waals surface area contributed by atoms with Crippen LogP contribution in [0.2, 0.25) is 0 Å². The van der Waals surface area contributed by atoms with Gasteiger partial charge in [0.05, 0.1) is 37.2 Å². The van der Waals surface area contributed by atoms with Gasteiger partial charge in [-0.3, -0.25) is 9.69 Å². The van der Waals surface area contributed by atoms with Crippen LogP contribution in [0.15, 0.2) is 34.8 Å². The molecule has 2 aliphatic rings. The summed E-state index contributed by atoms with van der Waals surface area (Å²) in [5.41, 5.74) is 2.94. The van der Waals surface area contributed by atoms with E-state index < -0.39 is 0 Å². The molecule has 29 heavy (non-hydrogen) atoms. The lowest BCUT2D eigenvalue weighted by atomic mass is 10.0. The van der Waals surface area contributed by atoms with Crippen molar-refractivity contribution in [3.8, 4) is 17.2 Å². The van der Waals surface area contributed by atoms with Crippen molar-refractivity contribution < 1.29 is 19.0 Å². The summed E-state index contributed by atoms with van der Waals surface area (Å²) in [5.74, 6) is 2.20. The molecule has 1 fully saturated rings. The predicted octanol–water partition coefficient (Wildman–Crippen LogP) is 3.12. The summed E-state index contributed by atoms with van der Waals surface area (Å²) in [6.45, 7) is 3.02. The molecule has 0 aliphatic carbocycles. The number of carbonyl (C=O) groups excluding carboxylic acids is 1. The predicted molar refractivity (Wildman–Crippen MR) is 115 cm³/mol. The Balaban J connectivity index is 1.53. The molecule has 2 aromatic rings. The zero-order chi connectivity index (χ0) is 20.5. The summed E-state index contributed by atoms with van der Waals surface area (Å²) in [6.07, 6.45) is 0. The molecule has 4 rings (SSSR count). The molecule has 0 spiro atoms. The molecule has 2 aromatic carbocycles. The molecule has 0 bridgehead atoms. The Kier molecular flexibility index (Phi) is 5.56. The normalized spacial score (nSPS) is 18.6. The fourth-order valence-electron chi connectivity index (χ4n) is 3.99. The maximum Gasteiger partial charge on any atom is 0.248 e. The van der Waals surface area contributed by atoms with Crippen molar-refractivity contribution in [1.29, 1.82) is 0 Å². The van der Waals surface area contributed by atoms with Gasteiger partial charge in [0.1, 0.15) is 11.8 Å². The van der Waals surface area contributed by atoms with Gasteiger partial charge in [-0.1, -0.05) is 6.07 Å². The second-order valence-corrected chi connectivity index (χ2v) is 7.98. The van der Waals surface area contributed by atoms with E-state index in [1.54, 1.807) is 21.3 Å². The number of benzene rings is 2. The number of rotatable bonds is 5. The number of nitrogens with one attached hydrogen (secondary N) is 1. The number of nitrogens with zero attached hydrogens (tertiary/aromatic N) is 2. The van der Waals surface area contributed by atoms with Crippen LogP contribution in [0.5, 0.6) is 17.2 Å². The van der Waals surface area contributed by atoms with Crippen LogP contribution in [0.25, 0.3) is 0 Å². The first-order valence-corrected chi connectivity index (χ1v) is 10.2. The number of ether oxygens (including phenoxy) is 3. The van der Waals surface area contributed by atoms with Gasteiger partial charge in [-0.05, 0) is 39.7 Å². The summed E-state index contributed by atoms with van der Waals surface area (Å²) < 4.78 is 17.0. The average molecular weight is 462 g/mol. The Morgan fingerprint density at radius 2 is 1.79 bits per heavy atom. The number of hydrogen-bond acceptors (Lipinski definition) is 6. The lowest BCUT2D eigenvalue weighted by Crippen LogP contribution is -2.59. The second kappa shape index (κ2) is 8.12. The molecule has 1 atom stereocenters.